The number of hydrogen-bond acceptors (Lipinski definition) is 8. The Balaban J connectivity index is 1.99. The number of likely N-dealkylation sites (N-methyl/N-ethyl adjacent to an activating group) is 1. The van der Waals surface area contributed by atoms with Gasteiger partial charge in [-0.25, -0.2) is 14.8 Å². The van der Waals surface area contributed by atoms with Gasteiger partial charge in [0, 0.05) is 37.1 Å². The molecule has 1 unspecified atom stereocenters. The first kappa shape index (κ1) is 23.5. The Hall–Kier alpha value is -4.16. The van der Waals surface area contributed by atoms with E-state index in [4.69, 9.17) is 4.74 Å². The summed E-state index contributed by atoms with van der Waals surface area (Å²) in [6, 6.07) is 8.45. The van der Waals surface area contributed by atoms with Crippen LogP contribution >= 0.6 is 0 Å². The summed E-state index contributed by atoms with van der Waals surface area (Å²) in [5.74, 6) is 4.58. The molecule has 2 heterocycles. The summed E-state index contributed by atoms with van der Waals surface area (Å²) in [7, 11) is 1.59. The number of hydrogen-bond donors (Lipinski definition) is 1. The molecule has 1 N–H and O–H groups in total. The lowest BCUT2D eigenvalue weighted by Crippen LogP contribution is -2.35. The van der Waals surface area contributed by atoms with Crippen molar-refractivity contribution in [3.05, 3.63) is 60.2 Å². The highest BCUT2D eigenvalue weighted by Crippen LogP contribution is 2.22. The van der Waals surface area contributed by atoms with Crippen molar-refractivity contribution in [2.45, 2.75) is 20.0 Å². The van der Waals surface area contributed by atoms with Crippen molar-refractivity contribution in [1.82, 2.24) is 24.8 Å². The number of nitrogens with zero attached hydrogens (tertiary/aromatic N) is 5. The van der Waals surface area contributed by atoms with E-state index in [1.165, 1.54) is 29.6 Å². The SMILES string of the molecule is CCOC(=O)c1cc(-c2cnccn2)nc(-c2cccc(C#CC(O)C(=O)N(C)CC)c2)n1. The Morgan fingerprint density at radius 2 is 1.97 bits per heavy atom. The predicted molar refractivity (Wildman–Crippen MR) is 121 cm³/mol. The average Bonchev–Trinajstić information content (AvgIpc) is 2.86. The topological polar surface area (TPSA) is 118 Å². The summed E-state index contributed by atoms with van der Waals surface area (Å²) >= 11 is 0. The number of amides is 1. The van der Waals surface area contributed by atoms with Crippen molar-refractivity contribution in [2.24, 2.45) is 0 Å². The monoisotopic (exact) mass is 445 g/mol. The van der Waals surface area contributed by atoms with Gasteiger partial charge in [-0.15, -0.1) is 0 Å². The summed E-state index contributed by atoms with van der Waals surface area (Å²) < 4.78 is 5.10. The number of carbonyl (C=O) groups is 2. The molecular formula is C24H23N5O4. The average molecular weight is 445 g/mol. The first-order valence-electron chi connectivity index (χ1n) is 10.3. The molecule has 0 radical (unpaired) electrons. The second-order valence-electron chi connectivity index (χ2n) is 6.88. The van der Waals surface area contributed by atoms with Gasteiger partial charge >= 0.3 is 5.97 Å². The third-order valence-electron chi connectivity index (χ3n) is 4.59. The third-order valence-corrected chi connectivity index (χ3v) is 4.59. The zero-order valence-corrected chi connectivity index (χ0v) is 18.5. The fourth-order valence-corrected chi connectivity index (χ4v) is 2.76. The maximum absolute atomic E-state index is 12.4. The zero-order chi connectivity index (χ0) is 23.8. The molecule has 9 heteroatoms. The van der Waals surface area contributed by atoms with E-state index in [1.807, 2.05) is 0 Å². The standard InChI is InChI=1S/C24H23N5O4/c1-4-29(3)23(31)21(30)10-9-16-7-6-8-17(13-16)22-27-18(20-15-25-11-12-26-20)14-19(28-22)24(32)33-5-2/h6-8,11-15,21,30H,4-5H2,1-3H3. The van der Waals surface area contributed by atoms with E-state index < -0.39 is 18.0 Å². The van der Waals surface area contributed by atoms with Gasteiger partial charge in [0.2, 0.25) is 0 Å². The highest BCUT2D eigenvalue weighted by molar-refractivity contribution is 5.89. The lowest BCUT2D eigenvalue weighted by molar-refractivity contribution is -0.135. The van der Waals surface area contributed by atoms with E-state index in [1.54, 1.807) is 45.2 Å². The predicted octanol–water partition coefficient (Wildman–Crippen LogP) is 1.97. The molecule has 3 aromatic rings. The number of aliphatic hydroxyl groups is 1. The van der Waals surface area contributed by atoms with E-state index in [-0.39, 0.29) is 18.1 Å². The van der Waals surface area contributed by atoms with E-state index in [9.17, 15) is 14.7 Å². The molecule has 1 aromatic carbocycles. The van der Waals surface area contributed by atoms with E-state index in [0.29, 0.717) is 29.1 Å². The largest absolute Gasteiger partial charge is 0.461 e. The summed E-state index contributed by atoms with van der Waals surface area (Å²) in [5.41, 5.74) is 2.11. The highest BCUT2D eigenvalue weighted by Gasteiger charge is 2.17. The lowest BCUT2D eigenvalue weighted by Gasteiger charge is -2.15. The van der Waals surface area contributed by atoms with E-state index >= 15 is 0 Å². The van der Waals surface area contributed by atoms with Gasteiger partial charge in [0.1, 0.15) is 5.69 Å². The van der Waals surface area contributed by atoms with Gasteiger partial charge in [0.05, 0.1) is 18.5 Å². The van der Waals surface area contributed by atoms with Crippen LogP contribution in [0.4, 0.5) is 0 Å². The van der Waals surface area contributed by atoms with E-state index in [0.717, 1.165) is 0 Å². The summed E-state index contributed by atoms with van der Waals surface area (Å²) in [5, 5.41) is 10.0. The van der Waals surface area contributed by atoms with Crippen LogP contribution in [-0.2, 0) is 9.53 Å². The molecule has 0 bridgehead atoms. The second-order valence-corrected chi connectivity index (χ2v) is 6.88. The van der Waals surface area contributed by atoms with Gasteiger partial charge in [0.25, 0.3) is 5.91 Å². The summed E-state index contributed by atoms with van der Waals surface area (Å²) in [6.07, 6.45) is 3.18. The van der Waals surface area contributed by atoms with Crippen LogP contribution in [0.3, 0.4) is 0 Å². The Morgan fingerprint density at radius 3 is 2.67 bits per heavy atom. The quantitative estimate of drug-likeness (QED) is 0.452. The molecule has 1 atom stereocenters. The van der Waals surface area contributed by atoms with Crippen molar-refractivity contribution < 1.29 is 19.4 Å². The number of benzene rings is 1. The highest BCUT2D eigenvalue weighted by atomic mass is 16.5. The maximum atomic E-state index is 12.4. The Labute approximate surface area is 191 Å². The number of carbonyl (C=O) groups excluding carboxylic acids is 2. The molecule has 0 saturated carbocycles. The number of ether oxygens (including phenoxy) is 1. The van der Waals surface area contributed by atoms with Crippen LogP contribution in [0.1, 0.15) is 29.9 Å². The van der Waals surface area contributed by atoms with Crippen LogP contribution in [0.5, 0.6) is 0 Å². The lowest BCUT2D eigenvalue weighted by atomic mass is 10.1. The molecule has 3 rings (SSSR count). The van der Waals surface area contributed by atoms with Crippen molar-refractivity contribution >= 4 is 11.9 Å². The maximum Gasteiger partial charge on any atom is 0.357 e. The molecule has 0 aliphatic heterocycles. The van der Waals surface area contributed by atoms with Gasteiger partial charge in [-0.2, -0.15) is 0 Å². The van der Waals surface area contributed by atoms with Gasteiger partial charge in [0.15, 0.2) is 17.6 Å². The Kier molecular flexibility index (Phi) is 7.78. The van der Waals surface area contributed by atoms with Crippen molar-refractivity contribution in [2.75, 3.05) is 20.2 Å². The number of aromatic nitrogens is 4. The second kappa shape index (κ2) is 10.9. The van der Waals surface area contributed by atoms with Gasteiger partial charge in [-0.1, -0.05) is 24.0 Å². The van der Waals surface area contributed by atoms with Crippen LogP contribution in [0.25, 0.3) is 22.8 Å². The molecule has 0 fully saturated rings. The number of rotatable bonds is 6. The van der Waals surface area contributed by atoms with Crippen LogP contribution in [0.2, 0.25) is 0 Å². The van der Waals surface area contributed by atoms with Gasteiger partial charge in [-0.05, 0) is 32.0 Å². The van der Waals surface area contributed by atoms with Crippen LogP contribution in [0.15, 0.2) is 48.9 Å². The normalized spacial score (nSPS) is 11.2. The number of esters is 1. The molecule has 33 heavy (non-hydrogen) atoms. The minimum absolute atomic E-state index is 0.0858. The first-order chi connectivity index (χ1) is 15.9. The van der Waals surface area contributed by atoms with Crippen molar-refractivity contribution in [3.8, 4) is 34.6 Å². The fraction of sp³-hybridized carbons (Fsp3) is 0.250. The van der Waals surface area contributed by atoms with Crippen LogP contribution < -0.4 is 0 Å². The molecule has 168 valence electrons. The molecule has 0 spiro atoms. The fourth-order valence-electron chi connectivity index (χ4n) is 2.76. The minimum atomic E-state index is -1.43. The molecule has 1 amide bonds. The zero-order valence-electron chi connectivity index (χ0n) is 18.5. The van der Waals surface area contributed by atoms with Gasteiger partial charge < -0.3 is 14.7 Å². The molecular weight excluding hydrogens is 422 g/mol. The molecule has 9 nitrogen and oxygen atoms in total. The van der Waals surface area contributed by atoms with Crippen LogP contribution in [0, 0.1) is 11.8 Å². The van der Waals surface area contributed by atoms with Crippen LogP contribution in [-0.4, -0.2) is 68.1 Å². The summed E-state index contributed by atoms with van der Waals surface area (Å²) in [4.78, 5) is 42.9. The third kappa shape index (κ3) is 5.96. The minimum Gasteiger partial charge on any atom is -0.461 e. The Bertz CT molecular complexity index is 1200. The van der Waals surface area contributed by atoms with Gasteiger partial charge in [-0.3, -0.25) is 14.8 Å². The molecule has 0 aliphatic rings. The molecule has 0 aliphatic carbocycles. The Morgan fingerprint density at radius 1 is 1.15 bits per heavy atom. The number of aliphatic hydroxyl groups excluding tert-OH is 1. The van der Waals surface area contributed by atoms with E-state index in [2.05, 4.69) is 31.8 Å². The molecule has 2 aromatic heterocycles. The first-order valence-corrected chi connectivity index (χ1v) is 10.3. The van der Waals surface area contributed by atoms with Crippen molar-refractivity contribution in [3.63, 3.8) is 0 Å². The summed E-state index contributed by atoms with van der Waals surface area (Å²) in [6.45, 7) is 4.19. The van der Waals surface area contributed by atoms with Crippen molar-refractivity contribution in [1.29, 1.82) is 0 Å². The molecule has 0 saturated heterocycles. The smallest absolute Gasteiger partial charge is 0.357 e.